The topological polar surface area (TPSA) is 24.1 Å². The third kappa shape index (κ3) is 4.64. The Bertz CT molecular complexity index is 250. The highest BCUT2D eigenvalue weighted by molar-refractivity contribution is 7.98. The fourth-order valence-electron chi connectivity index (χ4n) is 0.664. The highest BCUT2D eigenvalue weighted by atomic mass is 32.2. The third-order valence-corrected chi connectivity index (χ3v) is 1.57. The van der Waals surface area contributed by atoms with Crippen molar-refractivity contribution >= 4 is 17.6 Å². The second kappa shape index (κ2) is 4.38. The quantitative estimate of drug-likeness (QED) is 0.590. The smallest absolute Gasteiger partial charge is 0.312 e. The Morgan fingerprint density at radius 1 is 1.08 bits per heavy atom. The van der Waals surface area contributed by atoms with Gasteiger partial charge in [-0.05, 0) is 12.1 Å². The zero-order valence-corrected chi connectivity index (χ0v) is 7.25. The molecule has 1 rings (SSSR count). The molecule has 0 fully saturated rings. The predicted octanol–water partition coefficient (Wildman–Crippen LogP) is 2.77. The molecule has 0 atom stereocenters. The maximum absolute atomic E-state index is 11.6. The summed E-state index contributed by atoms with van der Waals surface area (Å²) in [5.41, 5.74) is -1.30. The Balaban J connectivity index is 2.29. The minimum absolute atomic E-state index is 0.333. The number of hydrogen-bond acceptors (Lipinski definition) is 3. The second-order valence-corrected chi connectivity index (χ2v) is 3.01. The van der Waals surface area contributed by atoms with E-state index in [0.717, 1.165) is 0 Å². The van der Waals surface area contributed by atoms with Gasteiger partial charge in [-0.1, -0.05) is 18.2 Å². The molecule has 0 saturated heterocycles. The fourth-order valence-corrected chi connectivity index (χ4v) is 0.948. The molecule has 13 heavy (non-hydrogen) atoms. The second-order valence-electron chi connectivity index (χ2n) is 2.14. The summed E-state index contributed by atoms with van der Waals surface area (Å²) in [4.78, 5) is 1.98. The summed E-state index contributed by atoms with van der Waals surface area (Å²) in [7, 11) is 0. The summed E-state index contributed by atoms with van der Waals surface area (Å²) in [6.07, 6.45) is 0. The van der Waals surface area contributed by atoms with Crippen LogP contribution < -0.4 is 10.3 Å². The first kappa shape index (κ1) is 10.2. The number of hydrazine groups is 1. The lowest BCUT2D eigenvalue weighted by Gasteiger charge is -2.08. The number of halogens is 3. The summed E-state index contributed by atoms with van der Waals surface area (Å²) >= 11 is -0.333. The van der Waals surface area contributed by atoms with Crippen LogP contribution in [0.4, 0.5) is 18.9 Å². The Hall–Kier alpha value is -0.880. The first-order valence-electron chi connectivity index (χ1n) is 3.39. The van der Waals surface area contributed by atoms with Crippen LogP contribution in [-0.4, -0.2) is 5.51 Å². The van der Waals surface area contributed by atoms with Crippen molar-refractivity contribution in [2.24, 2.45) is 0 Å². The maximum Gasteiger partial charge on any atom is 0.457 e. The number of para-hydroxylation sites is 1. The summed E-state index contributed by atoms with van der Waals surface area (Å²) in [5, 5.41) is 0. The average molecular weight is 208 g/mol. The molecule has 0 heterocycles. The zero-order valence-electron chi connectivity index (χ0n) is 6.43. The minimum atomic E-state index is -4.28. The molecule has 0 aromatic heterocycles. The van der Waals surface area contributed by atoms with Crippen molar-refractivity contribution in [3.05, 3.63) is 30.3 Å². The average Bonchev–Trinajstić information content (AvgIpc) is 2.04. The number of alkyl halides is 3. The monoisotopic (exact) mass is 208 g/mol. The SMILES string of the molecule is FC(F)(F)SNNc1ccccc1. The van der Waals surface area contributed by atoms with Crippen LogP contribution in [0.25, 0.3) is 0 Å². The lowest BCUT2D eigenvalue weighted by Crippen LogP contribution is -2.18. The van der Waals surface area contributed by atoms with Gasteiger partial charge < -0.3 is 5.43 Å². The van der Waals surface area contributed by atoms with E-state index in [1.165, 1.54) is 0 Å². The van der Waals surface area contributed by atoms with Crippen molar-refractivity contribution in [3.63, 3.8) is 0 Å². The van der Waals surface area contributed by atoms with Crippen molar-refractivity contribution in [1.82, 2.24) is 4.83 Å². The standard InChI is InChI=1S/C7H7F3N2S/c8-7(9,10)13-12-11-6-4-2-1-3-5-6/h1-5,11-12H. The molecule has 0 unspecified atom stereocenters. The van der Waals surface area contributed by atoms with Gasteiger partial charge in [0.15, 0.2) is 0 Å². The van der Waals surface area contributed by atoms with Crippen LogP contribution in [0.3, 0.4) is 0 Å². The Morgan fingerprint density at radius 3 is 2.23 bits per heavy atom. The van der Waals surface area contributed by atoms with Gasteiger partial charge in [0, 0.05) is 5.69 Å². The molecule has 0 aliphatic rings. The van der Waals surface area contributed by atoms with Gasteiger partial charge in [-0.3, -0.25) is 0 Å². The van der Waals surface area contributed by atoms with Crippen molar-refractivity contribution in [2.75, 3.05) is 5.43 Å². The van der Waals surface area contributed by atoms with E-state index in [0.29, 0.717) is 5.69 Å². The molecule has 0 saturated carbocycles. The van der Waals surface area contributed by atoms with Crippen molar-refractivity contribution < 1.29 is 13.2 Å². The van der Waals surface area contributed by atoms with Crippen LogP contribution in [-0.2, 0) is 0 Å². The maximum atomic E-state index is 11.6. The Labute approximate surface area is 77.6 Å². The summed E-state index contributed by atoms with van der Waals surface area (Å²) in [6, 6.07) is 8.54. The van der Waals surface area contributed by atoms with E-state index in [2.05, 4.69) is 5.43 Å². The minimum Gasteiger partial charge on any atom is -0.312 e. The molecule has 0 spiro atoms. The van der Waals surface area contributed by atoms with Crippen LogP contribution in [0.15, 0.2) is 30.3 Å². The van der Waals surface area contributed by atoms with Crippen LogP contribution in [0.5, 0.6) is 0 Å². The van der Waals surface area contributed by atoms with E-state index in [1.807, 2.05) is 4.83 Å². The molecule has 0 aliphatic heterocycles. The molecule has 0 radical (unpaired) electrons. The van der Waals surface area contributed by atoms with Crippen LogP contribution >= 0.6 is 11.9 Å². The molecular formula is C7H7F3N2S. The van der Waals surface area contributed by atoms with Gasteiger partial charge in [-0.15, -0.1) is 0 Å². The van der Waals surface area contributed by atoms with Crippen molar-refractivity contribution in [3.8, 4) is 0 Å². The molecule has 0 aliphatic carbocycles. The molecule has 2 nitrogen and oxygen atoms in total. The van der Waals surface area contributed by atoms with Gasteiger partial charge in [-0.25, -0.2) is 0 Å². The molecule has 72 valence electrons. The first-order valence-corrected chi connectivity index (χ1v) is 4.20. The number of benzene rings is 1. The highest BCUT2D eigenvalue weighted by Gasteiger charge is 2.28. The molecule has 0 amide bonds. The molecular weight excluding hydrogens is 201 g/mol. The van der Waals surface area contributed by atoms with Crippen LogP contribution in [0, 0.1) is 0 Å². The lowest BCUT2D eigenvalue weighted by molar-refractivity contribution is -0.0334. The zero-order chi connectivity index (χ0) is 9.73. The van der Waals surface area contributed by atoms with Crippen molar-refractivity contribution in [1.29, 1.82) is 0 Å². The number of nitrogens with one attached hydrogen (secondary N) is 2. The van der Waals surface area contributed by atoms with E-state index in [9.17, 15) is 13.2 Å². The Kier molecular flexibility index (Phi) is 3.44. The summed E-state index contributed by atoms with van der Waals surface area (Å²) in [5.74, 6) is 0. The number of hydrogen-bond donors (Lipinski definition) is 2. The fraction of sp³-hybridized carbons (Fsp3) is 0.143. The van der Waals surface area contributed by atoms with E-state index >= 15 is 0 Å². The molecule has 0 bridgehead atoms. The van der Waals surface area contributed by atoms with E-state index in [-0.39, 0.29) is 11.9 Å². The molecule has 6 heteroatoms. The first-order chi connectivity index (χ1) is 6.08. The van der Waals surface area contributed by atoms with Gasteiger partial charge in [0.1, 0.15) is 0 Å². The van der Waals surface area contributed by atoms with Gasteiger partial charge in [0.05, 0.1) is 11.9 Å². The van der Waals surface area contributed by atoms with E-state index in [4.69, 9.17) is 0 Å². The molecule has 1 aromatic carbocycles. The number of anilines is 1. The molecule has 1 aromatic rings. The third-order valence-electron chi connectivity index (χ3n) is 1.14. The van der Waals surface area contributed by atoms with Gasteiger partial charge in [-0.2, -0.15) is 18.0 Å². The predicted molar refractivity (Wildman–Crippen MR) is 46.8 cm³/mol. The van der Waals surface area contributed by atoms with E-state index < -0.39 is 5.51 Å². The summed E-state index contributed by atoms with van der Waals surface area (Å²) in [6.45, 7) is 0. The van der Waals surface area contributed by atoms with E-state index in [1.54, 1.807) is 30.3 Å². The summed E-state index contributed by atoms with van der Waals surface area (Å²) < 4.78 is 34.9. The normalized spacial score (nSPS) is 11.3. The number of rotatable bonds is 3. The van der Waals surface area contributed by atoms with Gasteiger partial charge >= 0.3 is 5.51 Å². The largest absolute Gasteiger partial charge is 0.457 e. The molecule has 2 N–H and O–H groups in total. The van der Waals surface area contributed by atoms with Crippen molar-refractivity contribution in [2.45, 2.75) is 5.51 Å². The van der Waals surface area contributed by atoms with Gasteiger partial charge in [0.25, 0.3) is 0 Å². The van der Waals surface area contributed by atoms with Crippen LogP contribution in [0.1, 0.15) is 0 Å². The Morgan fingerprint density at radius 2 is 1.69 bits per heavy atom. The highest BCUT2D eigenvalue weighted by Crippen LogP contribution is 2.27. The van der Waals surface area contributed by atoms with Gasteiger partial charge in [0.2, 0.25) is 0 Å². The lowest BCUT2D eigenvalue weighted by atomic mass is 10.3. The van der Waals surface area contributed by atoms with Crippen LogP contribution in [0.2, 0.25) is 0 Å².